The summed E-state index contributed by atoms with van der Waals surface area (Å²) in [5.41, 5.74) is -0.168. The van der Waals surface area contributed by atoms with Crippen molar-refractivity contribution in [2.24, 2.45) is 5.92 Å². The maximum absolute atomic E-state index is 13.0. The van der Waals surface area contributed by atoms with E-state index in [0.717, 1.165) is 17.0 Å². The minimum Gasteiger partial charge on any atom is -0.338 e. The lowest BCUT2D eigenvalue weighted by Gasteiger charge is -2.33. The van der Waals surface area contributed by atoms with Crippen molar-refractivity contribution in [3.8, 4) is 0 Å². The highest BCUT2D eigenvalue weighted by molar-refractivity contribution is 7.92. The third-order valence-corrected chi connectivity index (χ3v) is 6.27. The van der Waals surface area contributed by atoms with Gasteiger partial charge in [0.1, 0.15) is 0 Å². The van der Waals surface area contributed by atoms with E-state index in [2.05, 4.69) is 4.72 Å². The molecule has 0 radical (unpaired) electrons. The summed E-state index contributed by atoms with van der Waals surface area (Å²) >= 11 is 0. The second-order valence-electron chi connectivity index (χ2n) is 7.07. The molecule has 2 aromatic carbocycles. The molecule has 1 unspecified atom stereocenters. The molecule has 1 heterocycles. The number of carbonyl (C=O) groups excluding carboxylic acids is 1. The minimum atomic E-state index is -4.37. The van der Waals surface area contributed by atoms with E-state index in [-0.39, 0.29) is 41.2 Å². The van der Waals surface area contributed by atoms with Gasteiger partial charge in [0.15, 0.2) is 0 Å². The SMILES string of the molecule is O=C(c1ccc(NS(=O)(=O)c2cccc([N+](=O)[O-])c2)cc1)N1CCCC(C(F)(F)F)C1. The van der Waals surface area contributed by atoms with Gasteiger partial charge in [0.05, 0.1) is 15.7 Å². The smallest absolute Gasteiger partial charge is 0.338 e. The Labute approximate surface area is 175 Å². The van der Waals surface area contributed by atoms with Crippen molar-refractivity contribution in [2.75, 3.05) is 17.8 Å². The Morgan fingerprint density at radius 3 is 2.45 bits per heavy atom. The van der Waals surface area contributed by atoms with Crippen LogP contribution in [0.5, 0.6) is 0 Å². The number of sulfonamides is 1. The molecule has 2 aromatic rings. The van der Waals surface area contributed by atoms with E-state index in [4.69, 9.17) is 0 Å². The lowest BCUT2D eigenvalue weighted by atomic mass is 9.97. The Bertz CT molecular complexity index is 1090. The molecule has 3 rings (SSSR count). The van der Waals surface area contributed by atoms with Crippen LogP contribution in [0.1, 0.15) is 23.2 Å². The quantitative estimate of drug-likeness (QED) is 0.542. The highest BCUT2D eigenvalue weighted by Crippen LogP contribution is 2.33. The molecule has 1 aliphatic rings. The van der Waals surface area contributed by atoms with Gasteiger partial charge in [-0.15, -0.1) is 0 Å². The van der Waals surface area contributed by atoms with Gasteiger partial charge in [0.2, 0.25) is 0 Å². The highest BCUT2D eigenvalue weighted by Gasteiger charge is 2.42. The number of nitro groups is 1. The average Bonchev–Trinajstić information content (AvgIpc) is 2.73. The standard InChI is InChI=1S/C19H18F3N3O5S/c20-19(21,22)14-3-2-10-24(12-14)18(26)13-6-8-15(9-7-13)23-31(29,30)17-5-1-4-16(11-17)25(27)28/h1,4-9,11,14,23H,2-3,10,12H2. The van der Waals surface area contributed by atoms with Crippen molar-refractivity contribution >= 4 is 27.3 Å². The fraction of sp³-hybridized carbons (Fsp3) is 0.316. The largest absolute Gasteiger partial charge is 0.393 e. The average molecular weight is 457 g/mol. The molecule has 1 aliphatic heterocycles. The predicted octanol–water partition coefficient (Wildman–Crippen LogP) is 3.81. The van der Waals surface area contributed by atoms with Gasteiger partial charge in [-0.2, -0.15) is 13.2 Å². The molecule has 166 valence electrons. The Balaban J connectivity index is 1.72. The molecule has 0 spiro atoms. The number of likely N-dealkylation sites (tertiary alicyclic amines) is 1. The molecule has 0 bridgehead atoms. The zero-order valence-electron chi connectivity index (χ0n) is 16.0. The maximum atomic E-state index is 13.0. The van der Waals surface area contributed by atoms with Gasteiger partial charge in [-0.25, -0.2) is 8.42 Å². The van der Waals surface area contributed by atoms with E-state index in [1.807, 2.05) is 0 Å². The van der Waals surface area contributed by atoms with Crippen LogP contribution in [0, 0.1) is 16.0 Å². The van der Waals surface area contributed by atoms with Crippen LogP contribution in [-0.2, 0) is 10.0 Å². The summed E-state index contributed by atoms with van der Waals surface area (Å²) in [7, 11) is -4.12. The van der Waals surface area contributed by atoms with Crippen LogP contribution >= 0.6 is 0 Å². The molecule has 8 nitrogen and oxygen atoms in total. The van der Waals surface area contributed by atoms with Gasteiger partial charge < -0.3 is 4.90 Å². The summed E-state index contributed by atoms with van der Waals surface area (Å²) in [5.74, 6) is -2.13. The number of halogens is 3. The Hall–Kier alpha value is -3.15. The maximum Gasteiger partial charge on any atom is 0.393 e. The monoisotopic (exact) mass is 457 g/mol. The first kappa shape index (κ1) is 22.5. The highest BCUT2D eigenvalue weighted by atomic mass is 32.2. The van der Waals surface area contributed by atoms with Crippen LogP contribution in [0.2, 0.25) is 0 Å². The summed E-state index contributed by atoms with van der Waals surface area (Å²) in [6.45, 7) is -0.198. The van der Waals surface area contributed by atoms with E-state index in [9.17, 15) is 36.5 Å². The Morgan fingerprint density at radius 1 is 1.16 bits per heavy atom. The fourth-order valence-electron chi connectivity index (χ4n) is 3.27. The van der Waals surface area contributed by atoms with Crippen LogP contribution < -0.4 is 4.72 Å². The third-order valence-electron chi connectivity index (χ3n) is 4.89. The molecule has 31 heavy (non-hydrogen) atoms. The summed E-state index contributed by atoms with van der Waals surface area (Å²) in [5, 5.41) is 10.8. The normalized spacial score (nSPS) is 17.3. The zero-order valence-corrected chi connectivity index (χ0v) is 16.8. The summed E-state index contributed by atoms with van der Waals surface area (Å²) in [6, 6.07) is 9.72. The van der Waals surface area contributed by atoms with E-state index in [0.29, 0.717) is 0 Å². The van der Waals surface area contributed by atoms with Crippen molar-refractivity contribution in [3.05, 3.63) is 64.2 Å². The number of piperidine rings is 1. The third kappa shape index (κ3) is 5.32. The van der Waals surface area contributed by atoms with E-state index < -0.39 is 39.5 Å². The zero-order chi connectivity index (χ0) is 22.8. The van der Waals surface area contributed by atoms with Gasteiger partial charge in [-0.1, -0.05) is 6.07 Å². The van der Waals surface area contributed by atoms with E-state index in [1.165, 1.54) is 36.4 Å². The number of hydrogen-bond acceptors (Lipinski definition) is 5. The van der Waals surface area contributed by atoms with Crippen molar-refractivity contribution in [2.45, 2.75) is 23.9 Å². The second kappa shape index (κ2) is 8.53. The number of amides is 1. The summed E-state index contributed by atoms with van der Waals surface area (Å²) in [4.78, 5) is 23.5. The number of rotatable bonds is 5. The molecule has 1 fully saturated rings. The number of nitro benzene ring substituents is 1. The Kier molecular flexibility index (Phi) is 6.20. The molecule has 1 amide bonds. The molecular formula is C19H18F3N3O5S. The number of nitrogens with one attached hydrogen (secondary N) is 1. The number of non-ortho nitro benzene ring substituents is 1. The molecule has 1 atom stereocenters. The lowest BCUT2D eigenvalue weighted by Crippen LogP contribution is -2.44. The van der Waals surface area contributed by atoms with Crippen molar-refractivity contribution in [1.82, 2.24) is 4.90 Å². The molecule has 1 N–H and O–H groups in total. The molecule has 0 aromatic heterocycles. The minimum absolute atomic E-state index is 0.0222. The summed E-state index contributed by atoms with van der Waals surface area (Å²) in [6.07, 6.45) is -4.14. The molecule has 1 saturated heterocycles. The first-order valence-electron chi connectivity index (χ1n) is 9.21. The summed E-state index contributed by atoms with van der Waals surface area (Å²) < 4.78 is 66.0. The van der Waals surface area contributed by atoms with E-state index >= 15 is 0 Å². The van der Waals surface area contributed by atoms with Crippen LogP contribution in [0.4, 0.5) is 24.5 Å². The van der Waals surface area contributed by atoms with Gasteiger partial charge in [-0.3, -0.25) is 19.6 Å². The van der Waals surface area contributed by atoms with Crippen LogP contribution in [0.15, 0.2) is 53.4 Å². The van der Waals surface area contributed by atoms with Crippen LogP contribution in [0.25, 0.3) is 0 Å². The second-order valence-corrected chi connectivity index (χ2v) is 8.75. The van der Waals surface area contributed by atoms with Gasteiger partial charge >= 0.3 is 6.18 Å². The topological polar surface area (TPSA) is 110 Å². The van der Waals surface area contributed by atoms with Gasteiger partial charge in [0.25, 0.3) is 21.6 Å². The van der Waals surface area contributed by atoms with Crippen molar-refractivity contribution in [3.63, 3.8) is 0 Å². The van der Waals surface area contributed by atoms with Crippen molar-refractivity contribution < 1.29 is 31.3 Å². The van der Waals surface area contributed by atoms with E-state index in [1.54, 1.807) is 0 Å². The predicted molar refractivity (Wildman–Crippen MR) is 105 cm³/mol. The number of benzene rings is 2. The Morgan fingerprint density at radius 2 is 1.84 bits per heavy atom. The first-order valence-corrected chi connectivity index (χ1v) is 10.7. The van der Waals surface area contributed by atoms with Gasteiger partial charge in [0, 0.05) is 36.5 Å². The molecule has 0 saturated carbocycles. The van der Waals surface area contributed by atoms with Crippen LogP contribution in [0.3, 0.4) is 0 Å². The molecular weight excluding hydrogens is 439 g/mol. The lowest BCUT2D eigenvalue weighted by molar-refractivity contribution is -0.385. The number of nitrogens with zero attached hydrogens (tertiary/aromatic N) is 2. The number of carbonyl (C=O) groups is 1. The number of anilines is 1. The fourth-order valence-corrected chi connectivity index (χ4v) is 4.37. The number of alkyl halides is 3. The number of hydrogen-bond donors (Lipinski definition) is 1. The molecule has 12 heteroatoms. The first-order chi connectivity index (χ1) is 14.5. The van der Waals surface area contributed by atoms with Crippen molar-refractivity contribution in [1.29, 1.82) is 0 Å². The molecule has 0 aliphatic carbocycles. The van der Waals surface area contributed by atoms with Gasteiger partial charge in [-0.05, 0) is 43.2 Å². The van der Waals surface area contributed by atoms with Crippen LogP contribution in [-0.4, -0.2) is 43.4 Å².